The van der Waals surface area contributed by atoms with Gasteiger partial charge in [0.2, 0.25) is 11.8 Å². The fourth-order valence-corrected chi connectivity index (χ4v) is 1.99. The van der Waals surface area contributed by atoms with E-state index < -0.39 is 17.6 Å². The van der Waals surface area contributed by atoms with E-state index in [0.717, 1.165) is 12.6 Å². The molecule has 0 aliphatic carbocycles. The van der Waals surface area contributed by atoms with Crippen molar-refractivity contribution in [2.75, 3.05) is 18.5 Å². The van der Waals surface area contributed by atoms with E-state index in [1.54, 1.807) is 24.3 Å². The lowest BCUT2D eigenvalue weighted by Gasteiger charge is -2.15. The van der Waals surface area contributed by atoms with E-state index in [4.69, 9.17) is 9.47 Å². The van der Waals surface area contributed by atoms with Gasteiger partial charge in [-0.3, -0.25) is 0 Å². The third kappa shape index (κ3) is 5.79. The zero-order valence-electron chi connectivity index (χ0n) is 14.9. The molecule has 0 aliphatic rings. The Kier molecular flexibility index (Phi) is 6.65. The van der Waals surface area contributed by atoms with Crippen LogP contribution in [-0.2, 0) is 6.18 Å². The van der Waals surface area contributed by atoms with Gasteiger partial charge in [0.1, 0.15) is 11.3 Å². The van der Waals surface area contributed by atoms with Gasteiger partial charge in [-0.15, -0.1) is 0 Å². The molecule has 5 nitrogen and oxygen atoms in total. The lowest BCUT2D eigenvalue weighted by molar-refractivity contribution is -0.139. The Hall–Kier alpha value is -2.51. The van der Waals surface area contributed by atoms with Gasteiger partial charge >= 0.3 is 6.18 Å². The minimum atomic E-state index is -4.58. The highest BCUT2D eigenvalue weighted by atomic mass is 19.4. The van der Waals surface area contributed by atoms with Crippen LogP contribution >= 0.6 is 0 Å². The lowest BCUT2D eigenvalue weighted by Crippen LogP contribution is -2.14. The Morgan fingerprint density at radius 1 is 1.19 bits per heavy atom. The molecule has 0 fully saturated rings. The number of aromatic nitrogens is 2. The summed E-state index contributed by atoms with van der Waals surface area (Å²) in [6, 6.07) is 7.04. The summed E-state index contributed by atoms with van der Waals surface area (Å²) in [6.07, 6.45) is -2.99. The molecular weight excluding hydrogens is 347 g/mol. The first-order valence-corrected chi connectivity index (χ1v) is 8.36. The van der Waals surface area contributed by atoms with Crippen molar-refractivity contribution >= 4 is 11.6 Å². The average Bonchev–Trinajstić information content (AvgIpc) is 2.57. The van der Waals surface area contributed by atoms with Crippen LogP contribution in [0.2, 0.25) is 0 Å². The Balaban J connectivity index is 2.23. The van der Waals surface area contributed by atoms with Gasteiger partial charge in [0.15, 0.2) is 0 Å². The van der Waals surface area contributed by atoms with Gasteiger partial charge in [-0.25, -0.2) is 4.98 Å². The minimum Gasteiger partial charge on any atom is -0.494 e. The number of nitrogens with zero attached hydrogens (tertiary/aromatic N) is 2. The molecular formula is C18H22F3N3O2. The molecule has 8 heteroatoms. The van der Waals surface area contributed by atoms with Crippen LogP contribution in [0.1, 0.15) is 32.8 Å². The Morgan fingerprint density at radius 2 is 1.96 bits per heavy atom. The Labute approximate surface area is 150 Å². The van der Waals surface area contributed by atoms with E-state index in [1.165, 1.54) is 0 Å². The predicted octanol–water partition coefficient (Wildman–Crippen LogP) is 5.06. The van der Waals surface area contributed by atoms with Crippen LogP contribution in [0.25, 0.3) is 0 Å². The summed E-state index contributed by atoms with van der Waals surface area (Å²) in [7, 11) is 0. The van der Waals surface area contributed by atoms with Crippen LogP contribution in [-0.4, -0.2) is 23.2 Å². The zero-order chi connectivity index (χ0) is 19.2. The van der Waals surface area contributed by atoms with Crippen LogP contribution < -0.4 is 14.8 Å². The topological polar surface area (TPSA) is 56.3 Å². The molecule has 0 radical (unpaired) electrons. The first-order valence-electron chi connectivity index (χ1n) is 8.36. The molecule has 0 saturated carbocycles. The molecule has 0 amide bonds. The van der Waals surface area contributed by atoms with Crippen molar-refractivity contribution in [3.63, 3.8) is 0 Å². The predicted molar refractivity (Wildman–Crippen MR) is 92.9 cm³/mol. The fraction of sp³-hybridized carbons (Fsp3) is 0.444. The maximum atomic E-state index is 13.1. The molecule has 1 aromatic carbocycles. The van der Waals surface area contributed by atoms with Crippen molar-refractivity contribution in [2.45, 2.75) is 33.4 Å². The number of rotatable bonds is 8. The summed E-state index contributed by atoms with van der Waals surface area (Å²) in [5.74, 6) is 0.251. The van der Waals surface area contributed by atoms with Crippen LogP contribution in [0.4, 0.5) is 24.8 Å². The Morgan fingerprint density at radius 3 is 2.62 bits per heavy atom. The highest BCUT2D eigenvalue weighted by Gasteiger charge is 2.36. The molecule has 1 heterocycles. The van der Waals surface area contributed by atoms with Crippen molar-refractivity contribution in [3.05, 3.63) is 36.0 Å². The largest absolute Gasteiger partial charge is 0.494 e. The molecule has 142 valence electrons. The van der Waals surface area contributed by atoms with Crippen molar-refractivity contribution < 1.29 is 22.6 Å². The minimum absolute atomic E-state index is 0.0180. The summed E-state index contributed by atoms with van der Waals surface area (Å²) in [6.45, 7) is 6.38. The molecule has 0 atom stereocenters. The van der Waals surface area contributed by atoms with Gasteiger partial charge in [-0.2, -0.15) is 18.2 Å². The molecule has 0 unspecified atom stereocenters. The maximum absolute atomic E-state index is 13.1. The molecule has 2 rings (SSSR count). The standard InChI is InChI=1S/C18H22F3N3O2/c1-4-8-25-14-7-5-6-13(9-14)23-17-22-10-15(18(19,20)21)16(24-17)26-11-12(2)3/h5-7,9-10,12H,4,8,11H2,1-3H3,(H,22,23,24). The normalized spacial score (nSPS) is 11.5. The highest BCUT2D eigenvalue weighted by Crippen LogP contribution is 2.35. The number of anilines is 2. The number of ether oxygens (including phenoxy) is 2. The van der Waals surface area contributed by atoms with Crippen LogP contribution in [0.5, 0.6) is 11.6 Å². The average molecular weight is 369 g/mol. The number of hydrogen-bond donors (Lipinski definition) is 1. The second-order valence-electron chi connectivity index (χ2n) is 6.12. The third-order valence-electron chi connectivity index (χ3n) is 3.18. The van der Waals surface area contributed by atoms with E-state index in [2.05, 4.69) is 15.3 Å². The lowest BCUT2D eigenvalue weighted by atomic mass is 10.2. The van der Waals surface area contributed by atoms with Crippen LogP contribution in [0.3, 0.4) is 0 Å². The van der Waals surface area contributed by atoms with E-state index >= 15 is 0 Å². The van der Waals surface area contributed by atoms with E-state index in [9.17, 15) is 13.2 Å². The summed E-state index contributed by atoms with van der Waals surface area (Å²) in [4.78, 5) is 7.65. The third-order valence-corrected chi connectivity index (χ3v) is 3.18. The Bertz CT molecular complexity index is 721. The second-order valence-corrected chi connectivity index (χ2v) is 6.12. The number of alkyl halides is 3. The van der Waals surface area contributed by atoms with Crippen LogP contribution in [0, 0.1) is 5.92 Å². The van der Waals surface area contributed by atoms with E-state index in [0.29, 0.717) is 18.0 Å². The van der Waals surface area contributed by atoms with Gasteiger partial charge in [0.05, 0.1) is 13.2 Å². The maximum Gasteiger partial charge on any atom is 0.423 e. The fourth-order valence-electron chi connectivity index (χ4n) is 1.99. The van der Waals surface area contributed by atoms with Gasteiger partial charge in [0.25, 0.3) is 0 Å². The monoisotopic (exact) mass is 369 g/mol. The molecule has 0 saturated heterocycles. The summed E-state index contributed by atoms with van der Waals surface area (Å²) < 4.78 is 50.1. The molecule has 1 aromatic heterocycles. The van der Waals surface area contributed by atoms with E-state index in [-0.39, 0.29) is 18.5 Å². The quantitative estimate of drug-likeness (QED) is 0.705. The van der Waals surface area contributed by atoms with Crippen molar-refractivity contribution in [1.82, 2.24) is 9.97 Å². The van der Waals surface area contributed by atoms with Crippen molar-refractivity contribution in [1.29, 1.82) is 0 Å². The molecule has 1 N–H and O–H groups in total. The zero-order valence-corrected chi connectivity index (χ0v) is 14.9. The van der Waals surface area contributed by atoms with Gasteiger partial charge in [-0.1, -0.05) is 26.8 Å². The molecule has 2 aromatic rings. The second kappa shape index (κ2) is 8.73. The SMILES string of the molecule is CCCOc1cccc(Nc2ncc(C(F)(F)F)c(OCC(C)C)n2)c1. The summed E-state index contributed by atoms with van der Waals surface area (Å²) in [5, 5.41) is 2.88. The summed E-state index contributed by atoms with van der Waals surface area (Å²) in [5.41, 5.74) is -0.392. The molecule has 0 bridgehead atoms. The smallest absolute Gasteiger partial charge is 0.423 e. The first kappa shape index (κ1) is 19.8. The number of benzene rings is 1. The van der Waals surface area contributed by atoms with Crippen molar-refractivity contribution in [3.8, 4) is 11.6 Å². The van der Waals surface area contributed by atoms with Crippen LogP contribution in [0.15, 0.2) is 30.5 Å². The molecule has 0 spiro atoms. The van der Waals surface area contributed by atoms with Crippen molar-refractivity contribution in [2.24, 2.45) is 5.92 Å². The number of hydrogen-bond acceptors (Lipinski definition) is 5. The van der Waals surface area contributed by atoms with Gasteiger partial charge in [0, 0.05) is 18.0 Å². The first-order chi connectivity index (χ1) is 12.3. The molecule has 0 aliphatic heterocycles. The number of nitrogens with one attached hydrogen (secondary N) is 1. The highest BCUT2D eigenvalue weighted by molar-refractivity contribution is 5.56. The van der Waals surface area contributed by atoms with Gasteiger partial charge < -0.3 is 14.8 Å². The van der Waals surface area contributed by atoms with E-state index in [1.807, 2.05) is 20.8 Å². The molecule has 26 heavy (non-hydrogen) atoms. The number of halogens is 3. The summed E-state index contributed by atoms with van der Waals surface area (Å²) >= 11 is 0. The van der Waals surface area contributed by atoms with Gasteiger partial charge in [-0.05, 0) is 24.5 Å².